The number of halogens is 1. The molecular formula is C9H8ClNO. The summed E-state index contributed by atoms with van der Waals surface area (Å²) in [4.78, 5) is 15.0. The Balaban J connectivity index is 2.23. The number of carbonyl (C=O) groups excluding carboxylic acids is 1. The monoisotopic (exact) mass is 181 g/mol. The molecular weight excluding hydrogens is 174 g/mol. The predicted octanol–water partition coefficient (Wildman–Crippen LogP) is 2.18. The van der Waals surface area contributed by atoms with E-state index < -0.39 is 0 Å². The zero-order valence-electron chi connectivity index (χ0n) is 6.46. The molecule has 0 radical (unpaired) electrons. The Bertz CT molecular complexity index is 307. The van der Waals surface area contributed by atoms with Gasteiger partial charge in [0.15, 0.2) is 0 Å². The molecule has 1 aromatic rings. The van der Waals surface area contributed by atoms with Crippen molar-refractivity contribution in [2.75, 3.05) is 0 Å². The molecule has 1 atom stereocenters. The van der Waals surface area contributed by atoms with E-state index in [-0.39, 0.29) is 5.92 Å². The van der Waals surface area contributed by atoms with Crippen LogP contribution in [0.4, 0.5) is 0 Å². The maximum atomic E-state index is 11.1. The second kappa shape index (κ2) is 2.87. The normalized spacial score (nSPS) is 22.1. The minimum atomic E-state index is 0.0924. The molecule has 1 heterocycles. The highest BCUT2D eigenvalue weighted by Gasteiger charge is 2.29. The van der Waals surface area contributed by atoms with Crippen molar-refractivity contribution in [2.45, 2.75) is 18.8 Å². The molecule has 2 nitrogen and oxygen atoms in total. The van der Waals surface area contributed by atoms with E-state index in [0.29, 0.717) is 17.4 Å². The Morgan fingerprint density at radius 2 is 2.33 bits per heavy atom. The summed E-state index contributed by atoms with van der Waals surface area (Å²) in [5.74, 6) is 0.411. The van der Waals surface area contributed by atoms with Crippen LogP contribution >= 0.6 is 11.6 Å². The van der Waals surface area contributed by atoms with E-state index in [0.717, 1.165) is 12.0 Å². The summed E-state index contributed by atoms with van der Waals surface area (Å²) in [5, 5.41) is 0.477. The molecule has 1 aliphatic carbocycles. The summed E-state index contributed by atoms with van der Waals surface area (Å²) >= 11 is 5.62. The van der Waals surface area contributed by atoms with Crippen LogP contribution in [0, 0.1) is 0 Å². The lowest BCUT2D eigenvalue weighted by molar-refractivity contribution is -0.125. The highest BCUT2D eigenvalue weighted by molar-refractivity contribution is 6.29. The Kier molecular flexibility index (Phi) is 1.85. The number of hydrogen-bond acceptors (Lipinski definition) is 2. The van der Waals surface area contributed by atoms with E-state index in [9.17, 15) is 4.79 Å². The van der Waals surface area contributed by atoms with E-state index in [1.54, 1.807) is 12.3 Å². The van der Waals surface area contributed by atoms with Crippen molar-refractivity contribution in [3.05, 3.63) is 29.0 Å². The van der Waals surface area contributed by atoms with Gasteiger partial charge in [0, 0.05) is 18.5 Å². The maximum Gasteiger partial charge on any atom is 0.140 e. The van der Waals surface area contributed by atoms with Crippen LogP contribution in [-0.4, -0.2) is 10.8 Å². The van der Waals surface area contributed by atoms with Crippen molar-refractivity contribution < 1.29 is 4.79 Å². The smallest absolute Gasteiger partial charge is 0.140 e. The van der Waals surface area contributed by atoms with Gasteiger partial charge in [-0.25, -0.2) is 4.98 Å². The van der Waals surface area contributed by atoms with Crippen LogP contribution in [0.2, 0.25) is 5.15 Å². The van der Waals surface area contributed by atoms with Crippen LogP contribution in [0.1, 0.15) is 24.3 Å². The minimum absolute atomic E-state index is 0.0924. The number of pyridine rings is 1. The average molecular weight is 182 g/mol. The third-order valence-corrected chi connectivity index (χ3v) is 2.44. The van der Waals surface area contributed by atoms with E-state index >= 15 is 0 Å². The Labute approximate surface area is 75.6 Å². The number of Topliss-reactive ketones (excluding diaryl/α,β-unsaturated/α-hetero) is 1. The highest BCUT2D eigenvalue weighted by atomic mass is 35.5. The van der Waals surface area contributed by atoms with Crippen LogP contribution in [0.5, 0.6) is 0 Å². The molecule has 2 rings (SSSR count). The van der Waals surface area contributed by atoms with Gasteiger partial charge in [-0.1, -0.05) is 17.7 Å². The zero-order chi connectivity index (χ0) is 8.55. The molecule has 0 aliphatic heterocycles. The molecule has 1 unspecified atom stereocenters. The topological polar surface area (TPSA) is 30.0 Å². The number of carbonyl (C=O) groups is 1. The van der Waals surface area contributed by atoms with Gasteiger partial charge in [-0.15, -0.1) is 0 Å². The van der Waals surface area contributed by atoms with Crippen LogP contribution in [-0.2, 0) is 4.79 Å². The predicted molar refractivity (Wildman–Crippen MR) is 46.2 cm³/mol. The molecule has 1 fully saturated rings. The fourth-order valence-corrected chi connectivity index (χ4v) is 1.46. The van der Waals surface area contributed by atoms with Gasteiger partial charge < -0.3 is 0 Å². The molecule has 3 heteroatoms. The Morgan fingerprint density at radius 1 is 1.50 bits per heavy atom. The molecule has 0 amide bonds. The lowest BCUT2D eigenvalue weighted by Crippen LogP contribution is -2.23. The fraction of sp³-hybridized carbons (Fsp3) is 0.333. The van der Waals surface area contributed by atoms with Crippen molar-refractivity contribution in [3.8, 4) is 0 Å². The number of hydrogen-bond donors (Lipinski definition) is 0. The first-order valence-corrected chi connectivity index (χ1v) is 4.29. The lowest BCUT2D eigenvalue weighted by Gasteiger charge is -2.23. The van der Waals surface area contributed by atoms with Gasteiger partial charge in [0.1, 0.15) is 10.9 Å². The van der Waals surface area contributed by atoms with Gasteiger partial charge in [-0.05, 0) is 18.1 Å². The van der Waals surface area contributed by atoms with Crippen molar-refractivity contribution in [3.63, 3.8) is 0 Å². The summed E-state index contributed by atoms with van der Waals surface area (Å²) < 4.78 is 0. The third-order valence-electron chi connectivity index (χ3n) is 2.22. The lowest BCUT2D eigenvalue weighted by atomic mass is 9.79. The molecule has 1 aromatic heterocycles. The average Bonchev–Trinajstić information content (AvgIpc) is 2.06. The second-order valence-corrected chi connectivity index (χ2v) is 3.36. The van der Waals surface area contributed by atoms with E-state index in [4.69, 9.17) is 11.6 Å². The van der Waals surface area contributed by atoms with Gasteiger partial charge in [0.25, 0.3) is 0 Å². The van der Waals surface area contributed by atoms with Gasteiger partial charge in [-0.2, -0.15) is 0 Å². The van der Waals surface area contributed by atoms with Gasteiger partial charge in [0.05, 0.1) is 0 Å². The summed E-state index contributed by atoms with van der Waals surface area (Å²) in [6.45, 7) is 0. The molecule has 1 saturated carbocycles. The quantitative estimate of drug-likeness (QED) is 0.622. The van der Waals surface area contributed by atoms with Crippen LogP contribution in [0.25, 0.3) is 0 Å². The SMILES string of the molecule is O=C1CCC1c1ccc(Cl)nc1. The van der Waals surface area contributed by atoms with E-state index in [1.165, 1.54) is 0 Å². The van der Waals surface area contributed by atoms with Crippen LogP contribution in [0.3, 0.4) is 0 Å². The molecule has 0 saturated heterocycles. The van der Waals surface area contributed by atoms with Crippen molar-refractivity contribution in [1.82, 2.24) is 4.98 Å². The van der Waals surface area contributed by atoms with E-state index in [1.807, 2.05) is 6.07 Å². The van der Waals surface area contributed by atoms with Gasteiger partial charge in [-0.3, -0.25) is 4.79 Å². The Morgan fingerprint density at radius 3 is 2.75 bits per heavy atom. The molecule has 0 aromatic carbocycles. The summed E-state index contributed by atoms with van der Waals surface area (Å²) in [6, 6.07) is 3.60. The molecule has 0 bridgehead atoms. The van der Waals surface area contributed by atoms with Crippen LogP contribution in [0.15, 0.2) is 18.3 Å². The number of ketones is 1. The highest BCUT2D eigenvalue weighted by Crippen LogP contribution is 2.32. The third kappa shape index (κ3) is 1.23. The number of rotatable bonds is 1. The number of aromatic nitrogens is 1. The first kappa shape index (κ1) is 7.74. The molecule has 12 heavy (non-hydrogen) atoms. The largest absolute Gasteiger partial charge is 0.299 e. The van der Waals surface area contributed by atoms with Crippen molar-refractivity contribution in [1.29, 1.82) is 0 Å². The van der Waals surface area contributed by atoms with Gasteiger partial charge in [0.2, 0.25) is 0 Å². The fourth-order valence-electron chi connectivity index (χ4n) is 1.35. The minimum Gasteiger partial charge on any atom is -0.299 e. The first-order chi connectivity index (χ1) is 5.77. The Hall–Kier alpha value is -0.890. The van der Waals surface area contributed by atoms with E-state index in [2.05, 4.69) is 4.98 Å². The molecule has 1 aliphatic rings. The molecule has 0 spiro atoms. The summed E-state index contributed by atoms with van der Waals surface area (Å²) in [6.07, 6.45) is 3.36. The zero-order valence-corrected chi connectivity index (χ0v) is 7.21. The molecule has 62 valence electrons. The molecule has 0 N–H and O–H groups in total. The summed E-state index contributed by atoms with van der Waals surface area (Å²) in [5.41, 5.74) is 0.996. The van der Waals surface area contributed by atoms with Crippen LogP contribution < -0.4 is 0 Å². The second-order valence-electron chi connectivity index (χ2n) is 2.97. The summed E-state index contributed by atoms with van der Waals surface area (Å²) in [7, 11) is 0. The van der Waals surface area contributed by atoms with Crippen molar-refractivity contribution in [2.24, 2.45) is 0 Å². The van der Waals surface area contributed by atoms with Gasteiger partial charge >= 0.3 is 0 Å². The standard InChI is InChI=1S/C9H8ClNO/c10-9-4-1-6(5-11-9)7-2-3-8(7)12/h1,4-5,7H,2-3H2. The maximum absolute atomic E-state index is 11.1. The van der Waals surface area contributed by atoms with Crippen molar-refractivity contribution >= 4 is 17.4 Å². The number of nitrogens with zero attached hydrogens (tertiary/aromatic N) is 1. The first-order valence-electron chi connectivity index (χ1n) is 3.91.